The van der Waals surface area contributed by atoms with E-state index in [1.165, 1.54) is 36.0 Å². The fraction of sp³-hybridized carbons (Fsp3) is 0.0769. The molecule has 0 saturated heterocycles. The first kappa shape index (κ1) is 26.2. The molecule has 0 radical (unpaired) electrons. The lowest BCUT2D eigenvalue weighted by Crippen LogP contribution is -2.10. The van der Waals surface area contributed by atoms with Crippen LogP contribution >= 0.6 is 11.8 Å². The van der Waals surface area contributed by atoms with Crippen molar-refractivity contribution in [1.29, 1.82) is 5.26 Å². The second-order valence-corrected chi connectivity index (χ2v) is 11.9. The maximum absolute atomic E-state index is 12.7. The third kappa shape index (κ3) is 5.94. The highest BCUT2D eigenvalue weighted by atomic mass is 32.2. The Bertz CT molecular complexity index is 1680. The second kappa shape index (κ2) is 10.6. The molecule has 0 spiro atoms. The Morgan fingerprint density at radius 1 is 0.865 bits per heavy atom. The number of oxime groups is 1. The maximum Gasteiger partial charge on any atom is 0.358 e. The molecule has 3 aromatic carbocycles. The number of benzene rings is 3. The van der Waals surface area contributed by atoms with Gasteiger partial charge in [-0.2, -0.15) is 22.1 Å². The minimum Gasteiger partial charge on any atom is -0.379 e. The molecule has 0 saturated carbocycles. The molecular weight excluding hydrogens is 532 g/mol. The smallest absolute Gasteiger partial charge is 0.358 e. The summed E-state index contributed by atoms with van der Waals surface area (Å²) in [6, 6.07) is 20.4. The van der Waals surface area contributed by atoms with Crippen LogP contribution in [0.5, 0.6) is 5.75 Å². The predicted octanol–water partition coefficient (Wildman–Crippen LogP) is 5.33. The van der Waals surface area contributed by atoms with E-state index in [2.05, 4.69) is 11.2 Å². The summed E-state index contributed by atoms with van der Waals surface area (Å²) in [6.07, 6.45) is 1.55. The molecule has 0 fully saturated rings. The topological polar surface area (TPSA) is 123 Å². The van der Waals surface area contributed by atoms with Crippen LogP contribution in [0.15, 0.2) is 104 Å². The summed E-state index contributed by atoms with van der Waals surface area (Å²) >= 11 is 1.24. The highest BCUT2D eigenvalue weighted by Gasteiger charge is 2.23. The Balaban J connectivity index is 1.54. The first-order chi connectivity index (χ1) is 17.6. The maximum atomic E-state index is 12.7. The lowest BCUT2D eigenvalue weighted by atomic mass is 10.0. The molecule has 3 aromatic rings. The molecule has 4 rings (SSSR count). The molecule has 0 bridgehead atoms. The Kier molecular flexibility index (Phi) is 7.54. The van der Waals surface area contributed by atoms with Crippen LogP contribution in [0.3, 0.4) is 0 Å². The molecule has 1 aliphatic rings. The average molecular weight is 553 g/mol. The molecule has 0 aliphatic carbocycles. The monoisotopic (exact) mass is 552 g/mol. The number of hydrogen-bond acceptors (Lipinski definition) is 9. The van der Waals surface area contributed by atoms with Crippen molar-refractivity contribution in [1.82, 2.24) is 0 Å². The number of aryl methyl sites for hydroxylation is 2. The summed E-state index contributed by atoms with van der Waals surface area (Å²) < 4.78 is 60.3. The van der Waals surface area contributed by atoms with Gasteiger partial charge < -0.3 is 4.18 Å². The first-order valence-electron chi connectivity index (χ1n) is 10.8. The zero-order valence-corrected chi connectivity index (χ0v) is 22.1. The van der Waals surface area contributed by atoms with Crippen LogP contribution in [-0.4, -0.2) is 22.5 Å². The quantitative estimate of drug-likeness (QED) is 0.219. The summed E-state index contributed by atoms with van der Waals surface area (Å²) in [7, 11) is -8.42. The molecule has 0 unspecified atom stereocenters. The van der Waals surface area contributed by atoms with Crippen molar-refractivity contribution in [2.45, 2.75) is 23.6 Å². The van der Waals surface area contributed by atoms with Crippen molar-refractivity contribution in [3.05, 3.63) is 106 Å². The lowest BCUT2D eigenvalue weighted by Gasteiger charge is -2.09. The van der Waals surface area contributed by atoms with Crippen molar-refractivity contribution in [2.24, 2.45) is 5.16 Å². The summed E-state index contributed by atoms with van der Waals surface area (Å²) in [4.78, 5) is 0.191. The summed E-state index contributed by atoms with van der Waals surface area (Å²) in [5.74, 6) is -0.0666. The molecule has 11 heteroatoms. The van der Waals surface area contributed by atoms with E-state index in [1.807, 2.05) is 32.0 Å². The van der Waals surface area contributed by atoms with Gasteiger partial charge in [0.2, 0.25) is 0 Å². The minimum absolute atomic E-state index is 0.0252. The summed E-state index contributed by atoms with van der Waals surface area (Å²) in [5, 5.41) is 15.2. The Labute approximate surface area is 219 Å². The number of nitrogens with zero attached hydrogens (tertiary/aromatic N) is 2. The Morgan fingerprint density at radius 3 is 2.14 bits per heavy atom. The lowest BCUT2D eigenvalue weighted by molar-refractivity contribution is 0.339. The van der Waals surface area contributed by atoms with Crippen LogP contribution in [0.25, 0.3) is 5.57 Å². The van der Waals surface area contributed by atoms with E-state index in [9.17, 15) is 22.1 Å². The molecule has 188 valence electrons. The molecule has 0 amide bonds. The molecule has 0 aromatic heterocycles. The molecule has 1 aliphatic heterocycles. The second-order valence-electron chi connectivity index (χ2n) is 7.88. The number of thioether (sulfide) groups is 1. The number of rotatable bonds is 7. The molecule has 8 nitrogen and oxygen atoms in total. The Morgan fingerprint density at radius 2 is 1.49 bits per heavy atom. The molecule has 0 atom stereocenters. The normalized spacial score (nSPS) is 15.9. The highest BCUT2D eigenvalue weighted by molar-refractivity contribution is 8.07. The first-order valence-corrected chi connectivity index (χ1v) is 14.5. The van der Waals surface area contributed by atoms with E-state index >= 15 is 0 Å². The van der Waals surface area contributed by atoms with Gasteiger partial charge in [-0.05, 0) is 72.9 Å². The molecule has 1 heterocycles. The van der Waals surface area contributed by atoms with E-state index in [-0.39, 0.29) is 21.3 Å². The van der Waals surface area contributed by atoms with Gasteiger partial charge in [-0.25, -0.2) is 0 Å². The van der Waals surface area contributed by atoms with Gasteiger partial charge in [0.05, 0.1) is 10.5 Å². The summed E-state index contributed by atoms with van der Waals surface area (Å²) in [6.45, 7) is 3.70. The number of allylic oxidation sites excluding steroid dienone is 3. The molecular formula is C26H20N2O6S3. The van der Waals surface area contributed by atoms with Crippen molar-refractivity contribution in [3.63, 3.8) is 0 Å². The zero-order valence-electron chi connectivity index (χ0n) is 19.7. The van der Waals surface area contributed by atoms with Crippen molar-refractivity contribution < 1.29 is 25.3 Å². The van der Waals surface area contributed by atoms with Gasteiger partial charge in [0.25, 0.3) is 0 Å². The van der Waals surface area contributed by atoms with Crippen LogP contribution in [0.1, 0.15) is 16.7 Å². The number of hydrogen-bond donors (Lipinski definition) is 0. The average Bonchev–Trinajstić information content (AvgIpc) is 3.33. The van der Waals surface area contributed by atoms with E-state index < -0.39 is 20.2 Å². The van der Waals surface area contributed by atoms with Crippen molar-refractivity contribution in [2.75, 3.05) is 0 Å². The zero-order chi connectivity index (χ0) is 26.6. The van der Waals surface area contributed by atoms with Crippen LogP contribution in [0.4, 0.5) is 0 Å². The third-order valence-electron chi connectivity index (χ3n) is 5.26. The van der Waals surface area contributed by atoms with Crippen LogP contribution in [-0.2, 0) is 24.5 Å². The van der Waals surface area contributed by atoms with Gasteiger partial charge in [-0.3, -0.25) is 4.28 Å². The minimum atomic E-state index is -4.33. The van der Waals surface area contributed by atoms with Crippen LogP contribution in [0.2, 0.25) is 0 Å². The highest BCUT2D eigenvalue weighted by Crippen LogP contribution is 2.35. The fourth-order valence-corrected chi connectivity index (χ4v) is 5.82. The number of nitriles is 1. The van der Waals surface area contributed by atoms with Gasteiger partial charge >= 0.3 is 20.2 Å². The van der Waals surface area contributed by atoms with Crippen LogP contribution < -0.4 is 4.18 Å². The predicted molar refractivity (Wildman–Crippen MR) is 142 cm³/mol. The molecule has 0 N–H and O–H groups in total. The van der Waals surface area contributed by atoms with E-state index in [0.717, 1.165) is 23.3 Å². The molecule has 37 heavy (non-hydrogen) atoms. The van der Waals surface area contributed by atoms with Crippen molar-refractivity contribution in [3.8, 4) is 11.8 Å². The third-order valence-corrected chi connectivity index (χ3v) is 8.56. The standard InChI is InChI=1S/C26H20N2O6S3/c1-18-7-11-21(12-8-18)36(29,30)33-20-9-13-22(14-10-20)37(31,32)34-28-25-15-16-35-26(25)24(17-27)23-6-4-3-5-19(23)2/h3-16H,1-2H3/b26-24+,28-25-. The summed E-state index contributed by atoms with van der Waals surface area (Å²) in [5.41, 5.74) is 3.04. The SMILES string of the molecule is Cc1ccc(S(=O)(=O)Oc2ccc(S(=O)(=O)O/N=C3/C=CS/C3=C(\C#N)c3ccccc3C)cc2)cc1. The van der Waals surface area contributed by atoms with E-state index in [0.29, 0.717) is 16.0 Å². The Hall–Kier alpha value is -3.85. The van der Waals surface area contributed by atoms with E-state index in [4.69, 9.17) is 8.47 Å². The van der Waals surface area contributed by atoms with Crippen LogP contribution in [0, 0.1) is 25.2 Å². The van der Waals surface area contributed by atoms with E-state index in [1.54, 1.807) is 29.7 Å². The van der Waals surface area contributed by atoms with Crippen molar-refractivity contribution >= 4 is 43.3 Å². The van der Waals surface area contributed by atoms with Gasteiger partial charge in [0.1, 0.15) is 27.3 Å². The van der Waals surface area contributed by atoms with Gasteiger partial charge in [0, 0.05) is 0 Å². The largest absolute Gasteiger partial charge is 0.379 e. The fourth-order valence-electron chi connectivity index (χ4n) is 3.32. The van der Waals surface area contributed by atoms with Gasteiger partial charge in [-0.15, -0.1) is 0 Å². The van der Waals surface area contributed by atoms with Gasteiger partial charge in [0.15, 0.2) is 0 Å². The van der Waals surface area contributed by atoms with Gasteiger partial charge in [-0.1, -0.05) is 58.9 Å².